The summed E-state index contributed by atoms with van der Waals surface area (Å²) < 4.78 is 14.8. The van der Waals surface area contributed by atoms with Gasteiger partial charge in [-0.3, -0.25) is 4.90 Å². The van der Waals surface area contributed by atoms with Crippen LogP contribution < -0.4 is 0 Å². The molecule has 1 aromatic heterocycles. The van der Waals surface area contributed by atoms with E-state index in [0.29, 0.717) is 6.54 Å². The van der Waals surface area contributed by atoms with Gasteiger partial charge in [-0.25, -0.2) is 9.07 Å². The molecule has 108 valence electrons. The molecule has 20 heavy (non-hydrogen) atoms. The monoisotopic (exact) mass is 277 g/mol. The average Bonchev–Trinajstić information content (AvgIpc) is 2.86. The summed E-state index contributed by atoms with van der Waals surface area (Å²) in [6.07, 6.45) is 0.995. The van der Waals surface area contributed by atoms with Gasteiger partial charge in [0, 0.05) is 12.6 Å². The Bertz CT molecular complexity index is 537. The first kappa shape index (κ1) is 14.6. The number of nitrogens with zero attached hydrogens (tertiary/aromatic N) is 5. The second-order valence-corrected chi connectivity index (χ2v) is 4.96. The van der Waals surface area contributed by atoms with Gasteiger partial charge in [-0.15, -0.1) is 5.10 Å². The third kappa shape index (κ3) is 3.39. The van der Waals surface area contributed by atoms with Crippen molar-refractivity contribution in [2.45, 2.75) is 39.4 Å². The first-order valence-corrected chi connectivity index (χ1v) is 6.82. The molecule has 0 bridgehead atoms. The van der Waals surface area contributed by atoms with Crippen LogP contribution >= 0.6 is 0 Å². The minimum atomic E-state index is -0.213. The largest absolute Gasteiger partial charge is 0.292 e. The van der Waals surface area contributed by atoms with Crippen LogP contribution in [0.5, 0.6) is 0 Å². The van der Waals surface area contributed by atoms with Crippen LogP contribution in [0.4, 0.5) is 4.39 Å². The first-order valence-electron chi connectivity index (χ1n) is 6.82. The standard InChI is InChI=1S/C14H20FN5/c1-4-9-20-14(16-17-18-20)10-19(3)11(2)12-5-7-13(15)8-6-12/h5-8,11H,4,9-10H2,1-3H3. The number of tetrazole rings is 1. The minimum absolute atomic E-state index is 0.169. The number of aromatic nitrogens is 4. The lowest BCUT2D eigenvalue weighted by Crippen LogP contribution is -2.24. The fourth-order valence-electron chi connectivity index (χ4n) is 2.08. The van der Waals surface area contributed by atoms with E-state index in [2.05, 4.69) is 34.3 Å². The van der Waals surface area contributed by atoms with E-state index in [4.69, 9.17) is 0 Å². The molecule has 6 heteroatoms. The van der Waals surface area contributed by atoms with Gasteiger partial charge in [0.2, 0.25) is 0 Å². The maximum atomic E-state index is 13.0. The predicted octanol–water partition coefficient (Wildman–Crippen LogP) is 2.42. The summed E-state index contributed by atoms with van der Waals surface area (Å²) in [4.78, 5) is 2.14. The molecule has 0 fully saturated rings. The molecule has 0 aliphatic carbocycles. The summed E-state index contributed by atoms with van der Waals surface area (Å²) in [6, 6.07) is 6.76. The van der Waals surface area contributed by atoms with Gasteiger partial charge in [-0.1, -0.05) is 19.1 Å². The predicted molar refractivity (Wildman–Crippen MR) is 74.4 cm³/mol. The molecular formula is C14H20FN5. The summed E-state index contributed by atoms with van der Waals surface area (Å²) >= 11 is 0. The molecule has 0 aliphatic heterocycles. The van der Waals surface area contributed by atoms with Crippen molar-refractivity contribution in [3.05, 3.63) is 41.5 Å². The molecule has 0 radical (unpaired) electrons. The van der Waals surface area contributed by atoms with Crippen LogP contribution in [-0.4, -0.2) is 32.2 Å². The topological polar surface area (TPSA) is 46.8 Å². The Hall–Kier alpha value is -1.82. The van der Waals surface area contributed by atoms with Crippen LogP contribution in [0.3, 0.4) is 0 Å². The molecule has 0 saturated carbocycles. The van der Waals surface area contributed by atoms with E-state index in [1.54, 1.807) is 0 Å². The molecule has 2 aromatic rings. The maximum Gasteiger partial charge on any atom is 0.165 e. The van der Waals surface area contributed by atoms with Gasteiger partial charge < -0.3 is 0 Å². The average molecular weight is 277 g/mol. The van der Waals surface area contributed by atoms with Crippen molar-refractivity contribution in [2.75, 3.05) is 7.05 Å². The van der Waals surface area contributed by atoms with Gasteiger partial charge in [0.25, 0.3) is 0 Å². The van der Waals surface area contributed by atoms with Crippen molar-refractivity contribution in [3.63, 3.8) is 0 Å². The Kier molecular flexibility index (Phi) is 4.79. The number of benzene rings is 1. The quantitative estimate of drug-likeness (QED) is 0.813. The Labute approximate surface area is 118 Å². The molecule has 1 atom stereocenters. The molecule has 0 spiro atoms. The fraction of sp³-hybridized carbons (Fsp3) is 0.500. The van der Waals surface area contributed by atoms with Crippen molar-refractivity contribution >= 4 is 0 Å². The number of hydrogen-bond acceptors (Lipinski definition) is 4. The molecule has 1 aromatic carbocycles. The highest BCUT2D eigenvalue weighted by Crippen LogP contribution is 2.20. The highest BCUT2D eigenvalue weighted by atomic mass is 19.1. The molecule has 2 rings (SSSR count). The van der Waals surface area contributed by atoms with Crippen LogP contribution in [0.2, 0.25) is 0 Å². The van der Waals surface area contributed by atoms with Crippen molar-refractivity contribution in [2.24, 2.45) is 0 Å². The number of halogens is 1. The Balaban J connectivity index is 2.05. The second-order valence-electron chi connectivity index (χ2n) is 4.96. The molecule has 0 N–H and O–H groups in total. The van der Waals surface area contributed by atoms with Crippen LogP contribution in [0, 0.1) is 5.82 Å². The Morgan fingerprint density at radius 1 is 1.30 bits per heavy atom. The first-order chi connectivity index (χ1) is 9.61. The van der Waals surface area contributed by atoms with Crippen LogP contribution in [0.25, 0.3) is 0 Å². The van der Waals surface area contributed by atoms with Crippen molar-refractivity contribution in [1.82, 2.24) is 25.1 Å². The fourth-order valence-corrected chi connectivity index (χ4v) is 2.08. The third-order valence-electron chi connectivity index (χ3n) is 3.45. The highest BCUT2D eigenvalue weighted by Gasteiger charge is 2.15. The molecule has 1 heterocycles. The lowest BCUT2D eigenvalue weighted by molar-refractivity contribution is 0.241. The van der Waals surface area contributed by atoms with Gasteiger partial charge >= 0.3 is 0 Å². The van der Waals surface area contributed by atoms with Crippen LogP contribution in [0.1, 0.15) is 37.7 Å². The lowest BCUT2D eigenvalue weighted by atomic mass is 10.1. The van der Waals surface area contributed by atoms with Crippen molar-refractivity contribution in [1.29, 1.82) is 0 Å². The number of hydrogen-bond donors (Lipinski definition) is 0. The zero-order valence-corrected chi connectivity index (χ0v) is 12.1. The van der Waals surface area contributed by atoms with E-state index in [9.17, 15) is 4.39 Å². The molecule has 5 nitrogen and oxygen atoms in total. The van der Waals surface area contributed by atoms with E-state index in [0.717, 1.165) is 24.4 Å². The Morgan fingerprint density at radius 3 is 2.65 bits per heavy atom. The molecule has 0 saturated heterocycles. The normalized spacial score (nSPS) is 12.8. The second kappa shape index (κ2) is 6.56. The molecule has 0 aliphatic rings. The minimum Gasteiger partial charge on any atom is -0.292 e. The SMILES string of the molecule is CCCn1nnnc1CN(C)C(C)c1ccc(F)cc1. The Morgan fingerprint density at radius 2 is 2.00 bits per heavy atom. The summed E-state index contributed by atoms with van der Waals surface area (Å²) in [5, 5.41) is 11.8. The summed E-state index contributed by atoms with van der Waals surface area (Å²) in [5.41, 5.74) is 1.07. The molecular weight excluding hydrogens is 257 g/mol. The van der Waals surface area contributed by atoms with Crippen LogP contribution in [0.15, 0.2) is 24.3 Å². The van der Waals surface area contributed by atoms with Crippen molar-refractivity contribution < 1.29 is 4.39 Å². The van der Waals surface area contributed by atoms with Gasteiger partial charge in [0.15, 0.2) is 5.82 Å². The zero-order chi connectivity index (χ0) is 14.5. The number of rotatable bonds is 6. The maximum absolute atomic E-state index is 13.0. The van der Waals surface area contributed by atoms with Gasteiger partial charge in [0.05, 0.1) is 6.54 Å². The summed E-state index contributed by atoms with van der Waals surface area (Å²) in [5.74, 6) is 0.638. The zero-order valence-electron chi connectivity index (χ0n) is 12.1. The lowest BCUT2D eigenvalue weighted by Gasteiger charge is -2.24. The van der Waals surface area contributed by atoms with E-state index in [1.807, 2.05) is 23.9 Å². The highest BCUT2D eigenvalue weighted by molar-refractivity contribution is 5.19. The molecule has 0 amide bonds. The van der Waals surface area contributed by atoms with E-state index in [1.165, 1.54) is 12.1 Å². The van der Waals surface area contributed by atoms with E-state index in [-0.39, 0.29) is 11.9 Å². The van der Waals surface area contributed by atoms with E-state index < -0.39 is 0 Å². The van der Waals surface area contributed by atoms with Crippen LogP contribution in [-0.2, 0) is 13.1 Å². The van der Waals surface area contributed by atoms with Gasteiger partial charge in [-0.05, 0) is 48.5 Å². The molecule has 1 unspecified atom stereocenters. The van der Waals surface area contributed by atoms with Gasteiger partial charge in [-0.2, -0.15) is 0 Å². The summed E-state index contributed by atoms with van der Waals surface area (Å²) in [7, 11) is 2.01. The van der Waals surface area contributed by atoms with Gasteiger partial charge in [0.1, 0.15) is 5.82 Å². The smallest absolute Gasteiger partial charge is 0.165 e. The van der Waals surface area contributed by atoms with E-state index >= 15 is 0 Å². The summed E-state index contributed by atoms with van der Waals surface area (Å²) in [6.45, 7) is 5.66. The third-order valence-corrected chi connectivity index (χ3v) is 3.45. The number of aryl methyl sites for hydroxylation is 1. The van der Waals surface area contributed by atoms with Crippen molar-refractivity contribution in [3.8, 4) is 0 Å².